The van der Waals surface area contributed by atoms with E-state index in [1.54, 1.807) is 30.3 Å². The molecule has 0 radical (unpaired) electrons. The molecular weight excluding hydrogens is 482 g/mol. The van der Waals surface area contributed by atoms with Crippen LogP contribution >= 0.6 is 35.0 Å². The van der Waals surface area contributed by atoms with Crippen molar-refractivity contribution >= 4 is 45.1 Å². The van der Waals surface area contributed by atoms with E-state index < -0.39 is 22.0 Å². The van der Waals surface area contributed by atoms with Crippen molar-refractivity contribution in [1.29, 1.82) is 0 Å². The van der Waals surface area contributed by atoms with Crippen LogP contribution in [0.5, 0.6) is 5.75 Å². The van der Waals surface area contributed by atoms with Crippen LogP contribution in [0.1, 0.15) is 5.56 Å². The second-order valence-corrected chi connectivity index (χ2v) is 10.5. The number of fused-ring (bicyclic) bond motifs is 1. The summed E-state index contributed by atoms with van der Waals surface area (Å²) in [6.45, 7) is 1.68. The van der Waals surface area contributed by atoms with Gasteiger partial charge >= 0.3 is 0 Å². The van der Waals surface area contributed by atoms with Gasteiger partial charge in [-0.05, 0) is 43.3 Å². The highest BCUT2D eigenvalue weighted by Crippen LogP contribution is 2.47. The molecule has 0 saturated heterocycles. The summed E-state index contributed by atoms with van der Waals surface area (Å²) in [6, 6.07) is 14.1. The van der Waals surface area contributed by atoms with Crippen molar-refractivity contribution in [2.75, 3.05) is 12.4 Å². The number of ether oxygens (including phenoxy) is 1. The molecule has 0 N–H and O–H groups in total. The summed E-state index contributed by atoms with van der Waals surface area (Å²) >= 11 is 14.0. The van der Waals surface area contributed by atoms with E-state index in [9.17, 15) is 12.8 Å². The number of thioether (sulfide) groups is 1. The van der Waals surface area contributed by atoms with Crippen LogP contribution in [0.4, 0.5) is 4.39 Å². The van der Waals surface area contributed by atoms with E-state index in [2.05, 4.69) is 0 Å². The molecule has 0 aromatic heterocycles. The highest BCUT2D eigenvalue weighted by Gasteiger charge is 2.28. The van der Waals surface area contributed by atoms with Crippen LogP contribution in [-0.4, -0.2) is 26.9 Å². The van der Waals surface area contributed by atoms with E-state index in [4.69, 9.17) is 32.1 Å². The Bertz CT molecular complexity index is 1210. The summed E-state index contributed by atoms with van der Waals surface area (Å²) in [4.78, 5) is 0.663. The molecule has 31 heavy (non-hydrogen) atoms. The fourth-order valence-electron chi connectivity index (χ4n) is 3.14. The number of benzene rings is 3. The Morgan fingerprint density at radius 1 is 1.13 bits per heavy atom. The van der Waals surface area contributed by atoms with Crippen molar-refractivity contribution in [1.82, 2.24) is 0 Å². The summed E-state index contributed by atoms with van der Waals surface area (Å²) in [5, 5.41) is 0.712. The molecule has 1 atom stereocenters. The number of aryl methyl sites for hydroxylation is 1. The average molecular weight is 499 g/mol. The van der Waals surface area contributed by atoms with E-state index in [0.29, 0.717) is 37.6 Å². The molecule has 1 heterocycles. The minimum atomic E-state index is -3.93. The Labute approximate surface area is 194 Å². The Morgan fingerprint density at radius 3 is 2.48 bits per heavy atom. The molecule has 1 unspecified atom stereocenters. The molecular formula is C22H17Cl2FO4S2. The predicted molar refractivity (Wildman–Crippen MR) is 121 cm³/mol. The molecule has 0 saturated carbocycles. The maximum Gasteiger partial charge on any atom is 0.297 e. The summed E-state index contributed by atoms with van der Waals surface area (Å²) in [6.07, 6.45) is -0.566. The fourth-order valence-corrected chi connectivity index (χ4v) is 5.69. The maximum absolute atomic E-state index is 14.3. The third kappa shape index (κ3) is 4.86. The third-order valence-electron chi connectivity index (χ3n) is 4.68. The van der Waals surface area contributed by atoms with E-state index >= 15 is 0 Å². The smallest absolute Gasteiger partial charge is 0.297 e. The van der Waals surface area contributed by atoms with Crippen LogP contribution in [-0.2, 0) is 14.3 Å². The molecule has 9 heteroatoms. The molecule has 0 aliphatic carbocycles. The highest BCUT2D eigenvalue weighted by molar-refractivity contribution is 7.99. The van der Waals surface area contributed by atoms with Crippen LogP contribution in [0, 0.1) is 12.7 Å². The molecule has 4 rings (SSSR count). The van der Waals surface area contributed by atoms with Crippen LogP contribution in [0.3, 0.4) is 0 Å². The molecule has 0 spiro atoms. The van der Waals surface area contributed by atoms with Gasteiger partial charge in [-0.25, -0.2) is 4.39 Å². The van der Waals surface area contributed by atoms with Gasteiger partial charge < -0.3 is 4.74 Å². The van der Waals surface area contributed by atoms with Crippen molar-refractivity contribution in [2.24, 2.45) is 0 Å². The molecule has 3 aromatic carbocycles. The van der Waals surface area contributed by atoms with Crippen molar-refractivity contribution in [3.05, 3.63) is 76.0 Å². The lowest BCUT2D eigenvalue weighted by Gasteiger charge is -2.27. The normalized spacial score (nSPS) is 15.9. The van der Waals surface area contributed by atoms with Crippen LogP contribution < -0.4 is 4.74 Å². The van der Waals surface area contributed by atoms with E-state index in [1.807, 2.05) is 6.92 Å². The number of hydrogen-bond acceptors (Lipinski definition) is 5. The molecule has 1 aliphatic rings. The zero-order chi connectivity index (χ0) is 22.2. The predicted octanol–water partition coefficient (Wildman–Crippen LogP) is 6.37. The van der Waals surface area contributed by atoms with Crippen molar-refractivity contribution in [3.8, 4) is 16.9 Å². The summed E-state index contributed by atoms with van der Waals surface area (Å²) in [5.74, 6) is 0.349. The van der Waals surface area contributed by atoms with Gasteiger partial charge in [0.05, 0.1) is 19.8 Å². The van der Waals surface area contributed by atoms with Crippen LogP contribution in [0.2, 0.25) is 10.0 Å². The van der Waals surface area contributed by atoms with Gasteiger partial charge in [-0.3, -0.25) is 4.18 Å². The van der Waals surface area contributed by atoms with Gasteiger partial charge in [-0.1, -0.05) is 47.0 Å². The molecule has 0 bridgehead atoms. The summed E-state index contributed by atoms with van der Waals surface area (Å²) in [7, 11) is -3.93. The SMILES string of the molecule is Cc1ccc(S(=O)(=O)OCC2CSc3cc(F)cc(-c4c(Cl)cccc4Cl)c3O2)cc1. The quantitative estimate of drug-likeness (QED) is 0.382. The first kappa shape index (κ1) is 22.4. The summed E-state index contributed by atoms with van der Waals surface area (Å²) in [5.41, 5.74) is 1.81. The minimum absolute atomic E-state index is 0.0765. The molecule has 0 amide bonds. The zero-order valence-electron chi connectivity index (χ0n) is 16.3. The van der Waals surface area contributed by atoms with Crippen molar-refractivity contribution < 1.29 is 21.7 Å². The molecule has 4 nitrogen and oxygen atoms in total. The van der Waals surface area contributed by atoms with E-state index in [0.717, 1.165) is 5.56 Å². The van der Waals surface area contributed by atoms with Gasteiger partial charge in [0.2, 0.25) is 0 Å². The fraction of sp³-hybridized carbons (Fsp3) is 0.182. The lowest BCUT2D eigenvalue weighted by molar-refractivity contribution is 0.144. The highest BCUT2D eigenvalue weighted by atomic mass is 35.5. The Hall–Kier alpha value is -1.77. The second-order valence-electron chi connectivity index (χ2n) is 6.98. The van der Waals surface area contributed by atoms with Gasteiger partial charge in [0.15, 0.2) is 0 Å². The zero-order valence-corrected chi connectivity index (χ0v) is 19.4. The number of hydrogen-bond donors (Lipinski definition) is 0. The lowest BCUT2D eigenvalue weighted by atomic mass is 10.0. The van der Waals surface area contributed by atoms with Crippen molar-refractivity contribution in [2.45, 2.75) is 22.8 Å². The average Bonchev–Trinajstić information content (AvgIpc) is 2.72. The largest absolute Gasteiger partial charge is 0.485 e. The standard InChI is InChI=1S/C22H17Cl2FO4S2/c1-13-5-7-16(8-6-13)31(26,27)28-11-15-12-30-20-10-14(25)9-17(22(20)29-15)21-18(23)3-2-4-19(21)24/h2-10,15H,11-12H2,1H3. The first-order chi connectivity index (χ1) is 14.7. The van der Waals surface area contributed by atoms with E-state index in [-0.39, 0.29) is 11.5 Å². The van der Waals surface area contributed by atoms with Gasteiger partial charge in [-0.2, -0.15) is 8.42 Å². The van der Waals surface area contributed by atoms with Gasteiger partial charge in [0.1, 0.15) is 24.3 Å². The summed E-state index contributed by atoms with van der Waals surface area (Å²) < 4.78 is 50.5. The lowest BCUT2D eigenvalue weighted by Crippen LogP contribution is -2.30. The Kier molecular flexibility index (Phi) is 6.51. The molecule has 0 fully saturated rings. The molecule has 1 aliphatic heterocycles. The Morgan fingerprint density at radius 2 is 1.81 bits per heavy atom. The number of rotatable bonds is 5. The van der Waals surface area contributed by atoms with Crippen molar-refractivity contribution in [3.63, 3.8) is 0 Å². The monoisotopic (exact) mass is 498 g/mol. The molecule has 162 valence electrons. The van der Waals surface area contributed by atoms with Gasteiger partial charge in [-0.15, -0.1) is 11.8 Å². The van der Waals surface area contributed by atoms with Crippen LogP contribution in [0.25, 0.3) is 11.1 Å². The van der Waals surface area contributed by atoms with Crippen LogP contribution in [0.15, 0.2) is 64.4 Å². The van der Waals surface area contributed by atoms with Gasteiger partial charge in [0, 0.05) is 16.9 Å². The third-order valence-corrected chi connectivity index (χ3v) is 7.76. The topological polar surface area (TPSA) is 52.6 Å². The second kappa shape index (κ2) is 9.00. The molecule has 3 aromatic rings. The Balaban J connectivity index is 1.59. The van der Waals surface area contributed by atoms with E-state index in [1.165, 1.54) is 36.0 Å². The minimum Gasteiger partial charge on any atom is -0.485 e. The number of halogens is 3. The first-order valence-corrected chi connectivity index (χ1v) is 12.4. The maximum atomic E-state index is 14.3. The first-order valence-electron chi connectivity index (χ1n) is 9.28. The van der Waals surface area contributed by atoms with Gasteiger partial charge in [0.25, 0.3) is 10.1 Å².